The zero-order valence-electron chi connectivity index (χ0n) is 10.0. The van der Waals surface area contributed by atoms with Crippen molar-refractivity contribution in [1.82, 2.24) is 4.90 Å². The predicted octanol–water partition coefficient (Wildman–Crippen LogP) is 1.54. The van der Waals surface area contributed by atoms with Crippen molar-refractivity contribution in [3.8, 4) is 0 Å². The smallest absolute Gasteiger partial charge is 0.0697 e. The molecule has 3 aliphatic rings. The average Bonchev–Trinajstić information content (AvgIpc) is 3.08. The maximum Gasteiger partial charge on any atom is 0.0697 e. The second-order valence-electron chi connectivity index (χ2n) is 5.72. The number of nitrogens with zero attached hydrogens (tertiary/aromatic N) is 1. The van der Waals surface area contributed by atoms with Gasteiger partial charge in [-0.05, 0) is 44.9 Å². The highest BCUT2D eigenvalue weighted by Crippen LogP contribution is 2.44. The first-order chi connectivity index (χ1) is 7.83. The van der Waals surface area contributed by atoms with Crippen LogP contribution >= 0.6 is 0 Å². The summed E-state index contributed by atoms with van der Waals surface area (Å²) in [6.45, 7) is 2.10. The molecule has 3 heteroatoms. The Hall–Kier alpha value is -0.120. The van der Waals surface area contributed by atoms with Gasteiger partial charge in [0.2, 0.25) is 0 Å². The molecular weight excluding hydrogens is 202 g/mol. The first-order valence-electron chi connectivity index (χ1n) is 6.84. The lowest BCUT2D eigenvalue weighted by Gasteiger charge is -2.49. The van der Waals surface area contributed by atoms with Crippen LogP contribution in [0.4, 0.5) is 0 Å². The number of aliphatic hydroxyl groups excluding tert-OH is 1. The number of aliphatic hydroxyl groups is 1. The molecule has 1 heterocycles. The van der Waals surface area contributed by atoms with Crippen LogP contribution in [0.5, 0.6) is 0 Å². The monoisotopic (exact) mass is 225 g/mol. The second-order valence-corrected chi connectivity index (χ2v) is 5.72. The molecule has 1 unspecified atom stereocenters. The Bertz CT molecular complexity index is 248. The summed E-state index contributed by atoms with van der Waals surface area (Å²) < 4.78 is 5.97. The van der Waals surface area contributed by atoms with Crippen molar-refractivity contribution in [3.63, 3.8) is 0 Å². The zero-order valence-corrected chi connectivity index (χ0v) is 10.0. The van der Waals surface area contributed by atoms with E-state index in [0.717, 1.165) is 25.6 Å². The standard InChI is InChI=1S/C13H23NO2/c15-8-7-14(11-2-3-11)12-4-9-16-13(10-12)5-1-6-13/h11-12,15H,1-10H2. The summed E-state index contributed by atoms with van der Waals surface area (Å²) in [6, 6.07) is 1.45. The topological polar surface area (TPSA) is 32.7 Å². The van der Waals surface area contributed by atoms with E-state index in [0.29, 0.717) is 12.6 Å². The SMILES string of the molecule is OCCN(C1CC1)C1CCOC2(CCC2)C1. The normalized spacial score (nSPS) is 33.0. The molecule has 16 heavy (non-hydrogen) atoms. The van der Waals surface area contributed by atoms with Crippen LogP contribution < -0.4 is 0 Å². The number of hydrogen-bond donors (Lipinski definition) is 1. The number of ether oxygens (including phenoxy) is 1. The highest BCUT2D eigenvalue weighted by molar-refractivity contribution is 4.99. The lowest BCUT2D eigenvalue weighted by molar-refractivity contribution is -0.150. The van der Waals surface area contributed by atoms with Crippen molar-refractivity contribution in [3.05, 3.63) is 0 Å². The van der Waals surface area contributed by atoms with Crippen molar-refractivity contribution in [2.45, 2.75) is 62.6 Å². The molecule has 3 fully saturated rings. The lowest BCUT2D eigenvalue weighted by Crippen LogP contribution is -2.53. The van der Waals surface area contributed by atoms with Crippen molar-refractivity contribution < 1.29 is 9.84 Å². The molecule has 0 aromatic carbocycles. The summed E-state index contributed by atoms with van der Waals surface area (Å²) in [6.07, 6.45) is 8.93. The Morgan fingerprint density at radius 3 is 2.56 bits per heavy atom. The van der Waals surface area contributed by atoms with Crippen molar-refractivity contribution >= 4 is 0 Å². The molecule has 3 rings (SSSR count). The molecule has 2 saturated carbocycles. The van der Waals surface area contributed by atoms with Crippen LogP contribution in [0.1, 0.15) is 44.9 Å². The molecule has 0 radical (unpaired) electrons. The minimum absolute atomic E-state index is 0.242. The van der Waals surface area contributed by atoms with Gasteiger partial charge in [-0.15, -0.1) is 0 Å². The fourth-order valence-electron chi connectivity index (χ4n) is 3.39. The third-order valence-electron chi connectivity index (χ3n) is 4.57. The van der Waals surface area contributed by atoms with Crippen LogP contribution in [-0.4, -0.2) is 47.4 Å². The van der Waals surface area contributed by atoms with E-state index in [4.69, 9.17) is 4.74 Å². The highest BCUT2D eigenvalue weighted by atomic mass is 16.5. The molecule has 0 aromatic rings. The molecule has 1 atom stereocenters. The molecule has 1 spiro atoms. The van der Waals surface area contributed by atoms with Crippen molar-refractivity contribution in [2.24, 2.45) is 0 Å². The van der Waals surface area contributed by atoms with Crippen molar-refractivity contribution in [2.75, 3.05) is 19.8 Å². The van der Waals surface area contributed by atoms with Gasteiger partial charge in [0.05, 0.1) is 12.2 Å². The second kappa shape index (κ2) is 4.28. The van der Waals surface area contributed by atoms with E-state index in [1.165, 1.54) is 38.5 Å². The Balaban J connectivity index is 1.63. The molecule has 1 N–H and O–H groups in total. The Morgan fingerprint density at radius 1 is 1.19 bits per heavy atom. The Labute approximate surface area is 97.8 Å². The lowest BCUT2D eigenvalue weighted by atomic mass is 9.73. The molecule has 3 nitrogen and oxygen atoms in total. The summed E-state index contributed by atoms with van der Waals surface area (Å²) in [4.78, 5) is 2.56. The third-order valence-corrected chi connectivity index (χ3v) is 4.57. The summed E-state index contributed by atoms with van der Waals surface area (Å²) in [5, 5.41) is 9.17. The first-order valence-corrected chi connectivity index (χ1v) is 6.84. The minimum atomic E-state index is 0.242. The summed E-state index contributed by atoms with van der Waals surface area (Å²) in [5.41, 5.74) is 0.242. The van der Waals surface area contributed by atoms with E-state index in [1.54, 1.807) is 0 Å². The van der Waals surface area contributed by atoms with Gasteiger partial charge in [0, 0.05) is 25.2 Å². The van der Waals surface area contributed by atoms with Crippen LogP contribution in [0.3, 0.4) is 0 Å². The number of rotatable bonds is 4. The maximum absolute atomic E-state index is 9.17. The summed E-state index contributed by atoms with van der Waals surface area (Å²) in [5.74, 6) is 0. The van der Waals surface area contributed by atoms with Crippen LogP contribution in [0.2, 0.25) is 0 Å². The van der Waals surface area contributed by atoms with Crippen molar-refractivity contribution in [1.29, 1.82) is 0 Å². The maximum atomic E-state index is 9.17. The quantitative estimate of drug-likeness (QED) is 0.788. The van der Waals surface area contributed by atoms with Gasteiger partial charge in [0.1, 0.15) is 0 Å². The Morgan fingerprint density at radius 2 is 2.00 bits per heavy atom. The average molecular weight is 225 g/mol. The van der Waals surface area contributed by atoms with Gasteiger partial charge in [0.15, 0.2) is 0 Å². The third kappa shape index (κ3) is 2.01. The zero-order chi connectivity index (χ0) is 11.0. The molecule has 1 aliphatic heterocycles. The van der Waals surface area contributed by atoms with Crippen LogP contribution in [0.25, 0.3) is 0 Å². The molecule has 1 saturated heterocycles. The van der Waals surface area contributed by atoms with Gasteiger partial charge in [-0.3, -0.25) is 4.90 Å². The molecule has 0 bridgehead atoms. The molecule has 92 valence electrons. The molecule has 2 aliphatic carbocycles. The van der Waals surface area contributed by atoms with Crippen LogP contribution in [-0.2, 0) is 4.74 Å². The largest absolute Gasteiger partial charge is 0.395 e. The first kappa shape index (κ1) is 11.0. The van der Waals surface area contributed by atoms with E-state index < -0.39 is 0 Å². The van der Waals surface area contributed by atoms with Gasteiger partial charge in [-0.25, -0.2) is 0 Å². The van der Waals surface area contributed by atoms with Crippen LogP contribution in [0.15, 0.2) is 0 Å². The van der Waals surface area contributed by atoms with E-state index in [-0.39, 0.29) is 5.60 Å². The fraction of sp³-hybridized carbons (Fsp3) is 1.00. The van der Waals surface area contributed by atoms with E-state index in [2.05, 4.69) is 4.90 Å². The van der Waals surface area contributed by atoms with Gasteiger partial charge in [-0.2, -0.15) is 0 Å². The van der Waals surface area contributed by atoms with E-state index in [9.17, 15) is 5.11 Å². The predicted molar refractivity (Wildman–Crippen MR) is 62.4 cm³/mol. The van der Waals surface area contributed by atoms with E-state index >= 15 is 0 Å². The van der Waals surface area contributed by atoms with Gasteiger partial charge < -0.3 is 9.84 Å². The molecule has 0 amide bonds. The van der Waals surface area contributed by atoms with Gasteiger partial charge in [-0.1, -0.05) is 0 Å². The molecular formula is C13H23NO2. The van der Waals surface area contributed by atoms with Crippen LogP contribution in [0, 0.1) is 0 Å². The Kier molecular flexibility index (Phi) is 2.94. The molecule has 0 aromatic heterocycles. The van der Waals surface area contributed by atoms with Gasteiger partial charge in [0.25, 0.3) is 0 Å². The van der Waals surface area contributed by atoms with E-state index in [1.807, 2.05) is 0 Å². The number of hydrogen-bond acceptors (Lipinski definition) is 3. The fourth-order valence-corrected chi connectivity index (χ4v) is 3.39. The highest BCUT2D eigenvalue weighted by Gasteiger charge is 2.45. The summed E-state index contributed by atoms with van der Waals surface area (Å²) in [7, 11) is 0. The summed E-state index contributed by atoms with van der Waals surface area (Å²) >= 11 is 0. The minimum Gasteiger partial charge on any atom is -0.395 e. The van der Waals surface area contributed by atoms with Gasteiger partial charge >= 0.3 is 0 Å².